The zero-order valence-corrected chi connectivity index (χ0v) is 12.2. The maximum atomic E-state index is 11.2. The number of halogens is 1. The van der Waals surface area contributed by atoms with Gasteiger partial charge < -0.3 is 4.74 Å². The Morgan fingerprint density at radius 1 is 1.29 bits per heavy atom. The van der Waals surface area contributed by atoms with Gasteiger partial charge in [0.2, 0.25) is 0 Å². The van der Waals surface area contributed by atoms with Gasteiger partial charge in [-0.25, -0.2) is 5.06 Å². The van der Waals surface area contributed by atoms with E-state index in [-0.39, 0.29) is 12.5 Å². The van der Waals surface area contributed by atoms with Crippen LogP contribution in [0.4, 0.5) is 0 Å². The summed E-state index contributed by atoms with van der Waals surface area (Å²) in [6, 6.07) is 0. The van der Waals surface area contributed by atoms with Crippen LogP contribution in [0.2, 0.25) is 0 Å². The zero-order chi connectivity index (χ0) is 12.9. The number of carbonyl (C=O) groups excluding carboxylic acids is 1. The molecule has 0 aliphatic heterocycles. The molecule has 0 aromatic carbocycles. The summed E-state index contributed by atoms with van der Waals surface area (Å²) in [7, 11) is 3.03. The summed E-state index contributed by atoms with van der Waals surface area (Å²) in [5, 5.41) is 2.09. The fourth-order valence-electron chi connectivity index (χ4n) is 1.18. The van der Waals surface area contributed by atoms with Gasteiger partial charge in [0.05, 0.1) is 7.11 Å². The van der Waals surface area contributed by atoms with Crippen LogP contribution in [0.1, 0.15) is 25.7 Å². The molecule has 0 heterocycles. The van der Waals surface area contributed by atoms with E-state index >= 15 is 0 Å². The zero-order valence-electron chi connectivity index (χ0n) is 10.7. The van der Waals surface area contributed by atoms with E-state index < -0.39 is 0 Å². The molecular formula is C12H22BrNO3. The molecule has 0 radical (unpaired) electrons. The van der Waals surface area contributed by atoms with Gasteiger partial charge in [0.1, 0.15) is 6.61 Å². The van der Waals surface area contributed by atoms with E-state index in [1.807, 2.05) is 0 Å². The molecule has 0 aliphatic rings. The second-order valence-electron chi connectivity index (χ2n) is 3.60. The first-order valence-electron chi connectivity index (χ1n) is 5.81. The van der Waals surface area contributed by atoms with Gasteiger partial charge in [-0.2, -0.15) is 0 Å². The lowest BCUT2D eigenvalue weighted by molar-refractivity contribution is -0.173. The molecule has 0 atom stereocenters. The van der Waals surface area contributed by atoms with Crippen molar-refractivity contribution in [3.63, 3.8) is 0 Å². The third-order valence-corrected chi connectivity index (χ3v) is 2.64. The number of rotatable bonds is 10. The molecule has 0 saturated carbocycles. The van der Waals surface area contributed by atoms with Crippen molar-refractivity contribution in [2.75, 3.05) is 32.7 Å². The molecular weight excluding hydrogens is 286 g/mol. The number of unbranched alkanes of at least 4 members (excludes halogenated alkanes) is 3. The topological polar surface area (TPSA) is 38.8 Å². The Morgan fingerprint density at radius 3 is 2.71 bits per heavy atom. The highest BCUT2D eigenvalue weighted by molar-refractivity contribution is 9.09. The molecule has 100 valence electrons. The van der Waals surface area contributed by atoms with E-state index in [2.05, 4.69) is 28.1 Å². The van der Waals surface area contributed by atoms with Crippen LogP contribution in [0, 0.1) is 0 Å². The fourth-order valence-corrected chi connectivity index (χ4v) is 1.44. The average Bonchev–Trinajstić information content (AvgIpc) is 2.35. The molecule has 0 saturated heterocycles. The lowest BCUT2D eigenvalue weighted by Gasteiger charge is -2.13. The summed E-state index contributed by atoms with van der Waals surface area (Å²) in [6.45, 7) is 0.722. The summed E-state index contributed by atoms with van der Waals surface area (Å²) < 4.78 is 5.25. The SMILES string of the molecule is CON(C)C(=O)COCCCCC/C=C/CBr. The van der Waals surface area contributed by atoms with Crippen molar-refractivity contribution in [2.24, 2.45) is 0 Å². The second-order valence-corrected chi connectivity index (χ2v) is 4.25. The van der Waals surface area contributed by atoms with Crippen LogP contribution in [0.15, 0.2) is 12.2 Å². The molecule has 0 N–H and O–H groups in total. The van der Waals surface area contributed by atoms with Gasteiger partial charge in [-0.15, -0.1) is 0 Å². The molecule has 0 bridgehead atoms. The monoisotopic (exact) mass is 307 g/mol. The van der Waals surface area contributed by atoms with Crippen molar-refractivity contribution < 1.29 is 14.4 Å². The fraction of sp³-hybridized carbons (Fsp3) is 0.750. The summed E-state index contributed by atoms with van der Waals surface area (Å²) in [6.07, 6.45) is 8.67. The maximum Gasteiger partial charge on any atom is 0.271 e. The summed E-state index contributed by atoms with van der Waals surface area (Å²) in [5.41, 5.74) is 0. The minimum absolute atomic E-state index is 0.0911. The predicted octanol–water partition coefficient (Wildman–Crippen LogP) is 2.53. The number of hydroxylamine groups is 2. The van der Waals surface area contributed by atoms with Gasteiger partial charge in [-0.3, -0.25) is 9.63 Å². The van der Waals surface area contributed by atoms with Crippen molar-refractivity contribution in [1.29, 1.82) is 0 Å². The Morgan fingerprint density at radius 2 is 2.06 bits per heavy atom. The molecule has 0 aromatic rings. The largest absolute Gasteiger partial charge is 0.372 e. The Bertz CT molecular complexity index is 222. The number of hydrogen-bond acceptors (Lipinski definition) is 3. The number of carbonyl (C=O) groups is 1. The molecule has 0 fully saturated rings. The maximum absolute atomic E-state index is 11.2. The van der Waals surface area contributed by atoms with Crippen LogP contribution in [-0.2, 0) is 14.4 Å². The average molecular weight is 308 g/mol. The molecule has 5 heteroatoms. The number of allylic oxidation sites excluding steroid dienone is 2. The number of alkyl halides is 1. The van der Waals surface area contributed by atoms with Gasteiger partial charge >= 0.3 is 0 Å². The highest BCUT2D eigenvalue weighted by Crippen LogP contribution is 2.01. The van der Waals surface area contributed by atoms with Crippen LogP contribution >= 0.6 is 15.9 Å². The third kappa shape index (κ3) is 10.5. The van der Waals surface area contributed by atoms with Crippen LogP contribution in [0.3, 0.4) is 0 Å². The van der Waals surface area contributed by atoms with Crippen LogP contribution < -0.4 is 0 Å². The molecule has 0 rings (SSSR count). The number of likely N-dealkylation sites (N-methyl/N-ethyl adjacent to an activating group) is 1. The normalized spacial score (nSPS) is 11.0. The van der Waals surface area contributed by atoms with Gasteiger partial charge in [-0.1, -0.05) is 34.5 Å². The van der Waals surface area contributed by atoms with E-state index in [1.165, 1.54) is 18.6 Å². The van der Waals surface area contributed by atoms with Crippen molar-refractivity contribution >= 4 is 21.8 Å². The van der Waals surface area contributed by atoms with Crippen LogP contribution in [0.25, 0.3) is 0 Å². The Hall–Kier alpha value is -0.390. The third-order valence-electron chi connectivity index (χ3n) is 2.27. The van der Waals surface area contributed by atoms with Crippen LogP contribution in [0.5, 0.6) is 0 Å². The first-order chi connectivity index (χ1) is 8.22. The number of hydrogen-bond donors (Lipinski definition) is 0. The Labute approximate surface area is 112 Å². The first kappa shape index (κ1) is 16.6. The van der Waals surface area contributed by atoms with E-state index in [9.17, 15) is 4.79 Å². The highest BCUT2D eigenvalue weighted by Gasteiger charge is 2.06. The Balaban J connectivity index is 3.24. The summed E-state index contributed by atoms with van der Waals surface area (Å²) >= 11 is 3.33. The molecule has 4 nitrogen and oxygen atoms in total. The van der Waals surface area contributed by atoms with Gasteiger partial charge in [-0.05, 0) is 19.3 Å². The molecule has 0 aliphatic carbocycles. The highest BCUT2D eigenvalue weighted by atomic mass is 79.9. The van der Waals surface area contributed by atoms with Crippen LogP contribution in [-0.4, -0.2) is 43.7 Å². The number of amides is 1. The first-order valence-corrected chi connectivity index (χ1v) is 6.94. The van der Waals surface area contributed by atoms with E-state index in [0.717, 1.165) is 24.6 Å². The standard InChI is InChI=1S/C12H22BrNO3/c1-14(16-2)12(15)11-17-10-8-6-4-3-5-7-9-13/h5,7H,3-4,6,8-11H2,1-2H3/b7-5+. The minimum atomic E-state index is -0.159. The predicted molar refractivity (Wildman–Crippen MR) is 72.0 cm³/mol. The molecule has 0 spiro atoms. The summed E-state index contributed by atoms with van der Waals surface area (Å²) in [4.78, 5) is 16.0. The molecule has 1 amide bonds. The minimum Gasteiger partial charge on any atom is -0.372 e. The van der Waals surface area contributed by atoms with Crippen molar-refractivity contribution in [3.05, 3.63) is 12.2 Å². The Kier molecular flexibility index (Phi) is 11.8. The van der Waals surface area contributed by atoms with Gasteiger partial charge in [0.15, 0.2) is 0 Å². The van der Waals surface area contributed by atoms with Crippen molar-refractivity contribution in [1.82, 2.24) is 5.06 Å². The van der Waals surface area contributed by atoms with E-state index in [1.54, 1.807) is 7.05 Å². The van der Waals surface area contributed by atoms with Crippen molar-refractivity contribution in [2.45, 2.75) is 25.7 Å². The lowest BCUT2D eigenvalue weighted by atomic mass is 10.2. The van der Waals surface area contributed by atoms with E-state index in [0.29, 0.717) is 6.61 Å². The van der Waals surface area contributed by atoms with E-state index in [4.69, 9.17) is 9.57 Å². The van der Waals surface area contributed by atoms with Gasteiger partial charge in [0.25, 0.3) is 5.91 Å². The lowest BCUT2D eigenvalue weighted by Crippen LogP contribution is -2.29. The second kappa shape index (κ2) is 12.1. The molecule has 0 unspecified atom stereocenters. The molecule has 0 aromatic heterocycles. The quantitative estimate of drug-likeness (QED) is 0.269. The van der Waals surface area contributed by atoms with Crippen molar-refractivity contribution in [3.8, 4) is 0 Å². The van der Waals surface area contributed by atoms with Gasteiger partial charge in [0, 0.05) is 19.0 Å². The summed E-state index contributed by atoms with van der Waals surface area (Å²) in [5.74, 6) is -0.159. The number of nitrogens with zero attached hydrogens (tertiary/aromatic N) is 1. The molecule has 17 heavy (non-hydrogen) atoms. The smallest absolute Gasteiger partial charge is 0.271 e. The number of ether oxygens (including phenoxy) is 1.